The Morgan fingerprint density at radius 1 is 1.00 bits per heavy atom. The number of nitrogens with two attached hydrogens (primary N) is 1. The van der Waals surface area contributed by atoms with Crippen LogP contribution in [-0.4, -0.2) is 11.1 Å². The summed E-state index contributed by atoms with van der Waals surface area (Å²) in [5.41, 5.74) is 12.4. The van der Waals surface area contributed by atoms with Gasteiger partial charge in [-0.3, -0.25) is 0 Å². The van der Waals surface area contributed by atoms with Crippen molar-refractivity contribution < 1.29 is 0 Å². The van der Waals surface area contributed by atoms with Crippen molar-refractivity contribution in [1.82, 2.24) is 4.57 Å². The van der Waals surface area contributed by atoms with E-state index in [1.54, 1.807) is 0 Å². The van der Waals surface area contributed by atoms with Gasteiger partial charge < -0.3 is 10.3 Å². The fourth-order valence-corrected chi connectivity index (χ4v) is 2.95. The molecule has 3 aromatic rings. The predicted octanol–water partition coefficient (Wildman–Crippen LogP) is 3.81. The Bertz CT molecular complexity index is 768. The second-order valence-electron chi connectivity index (χ2n) is 5.76. The van der Waals surface area contributed by atoms with Crippen LogP contribution in [0.5, 0.6) is 0 Å². The third-order valence-corrected chi connectivity index (χ3v) is 4.16. The maximum absolute atomic E-state index is 5.71. The van der Waals surface area contributed by atoms with Crippen LogP contribution in [0.1, 0.15) is 22.3 Å². The molecule has 2 heteroatoms. The van der Waals surface area contributed by atoms with Crippen LogP contribution in [0.25, 0.3) is 10.9 Å². The molecule has 0 aliphatic carbocycles. The van der Waals surface area contributed by atoms with Gasteiger partial charge in [-0.1, -0.05) is 35.9 Å². The van der Waals surface area contributed by atoms with E-state index < -0.39 is 0 Å². The number of aromatic nitrogens is 1. The summed E-state index contributed by atoms with van der Waals surface area (Å²) in [6, 6.07) is 15.4. The maximum Gasteiger partial charge on any atom is 0.0486 e. The van der Waals surface area contributed by atoms with Gasteiger partial charge in [-0.2, -0.15) is 0 Å². The summed E-state index contributed by atoms with van der Waals surface area (Å²) < 4.78 is 2.33. The van der Waals surface area contributed by atoms with E-state index in [9.17, 15) is 0 Å². The molecule has 0 spiro atoms. The van der Waals surface area contributed by atoms with Gasteiger partial charge in [-0.25, -0.2) is 0 Å². The van der Waals surface area contributed by atoms with E-state index in [1.165, 1.54) is 33.2 Å². The number of hydrogen-bond acceptors (Lipinski definition) is 1. The zero-order valence-corrected chi connectivity index (χ0v) is 12.8. The number of nitrogens with zero attached hydrogens (tertiary/aromatic N) is 1. The van der Waals surface area contributed by atoms with Crippen molar-refractivity contribution in [3.05, 3.63) is 70.9 Å². The smallest absolute Gasteiger partial charge is 0.0486 e. The topological polar surface area (TPSA) is 30.9 Å². The first-order valence-corrected chi connectivity index (χ1v) is 7.52. The fourth-order valence-electron chi connectivity index (χ4n) is 2.95. The van der Waals surface area contributed by atoms with Crippen LogP contribution in [0.2, 0.25) is 0 Å². The molecule has 0 aliphatic rings. The van der Waals surface area contributed by atoms with E-state index >= 15 is 0 Å². The standard InChI is InChI=1S/C19H22N2/c1-14-6-7-15(2)17(12-14)13-21-11-9-18-16(8-10-20)4-3-5-19(18)21/h3-7,9,11-12H,8,10,13,20H2,1-2H3. The van der Waals surface area contributed by atoms with Crippen LogP contribution >= 0.6 is 0 Å². The van der Waals surface area contributed by atoms with Crippen LogP contribution < -0.4 is 5.73 Å². The lowest BCUT2D eigenvalue weighted by Crippen LogP contribution is -2.03. The Labute approximate surface area is 126 Å². The monoisotopic (exact) mass is 278 g/mol. The van der Waals surface area contributed by atoms with Crippen LogP contribution in [0, 0.1) is 13.8 Å². The van der Waals surface area contributed by atoms with Crippen molar-refractivity contribution in [1.29, 1.82) is 0 Å². The lowest BCUT2D eigenvalue weighted by Gasteiger charge is -2.10. The van der Waals surface area contributed by atoms with E-state index in [0.717, 1.165) is 13.0 Å². The maximum atomic E-state index is 5.71. The molecule has 0 bridgehead atoms. The number of fused-ring (bicyclic) bond motifs is 1. The molecule has 0 amide bonds. The van der Waals surface area contributed by atoms with Crippen LogP contribution in [0.15, 0.2) is 48.7 Å². The number of hydrogen-bond donors (Lipinski definition) is 1. The lowest BCUT2D eigenvalue weighted by molar-refractivity contribution is 0.829. The van der Waals surface area contributed by atoms with Gasteiger partial charge in [0.05, 0.1) is 0 Å². The van der Waals surface area contributed by atoms with E-state index in [2.05, 4.69) is 67.1 Å². The third kappa shape index (κ3) is 2.72. The molecule has 2 nitrogen and oxygen atoms in total. The second-order valence-corrected chi connectivity index (χ2v) is 5.76. The van der Waals surface area contributed by atoms with Gasteiger partial charge in [0, 0.05) is 23.6 Å². The van der Waals surface area contributed by atoms with Gasteiger partial charge in [0.25, 0.3) is 0 Å². The van der Waals surface area contributed by atoms with Crippen molar-refractivity contribution in [2.75, 3.05) is 6.54 Å². The van der Waals surface area contributed by atoms with Crippen molar-refractivity contribution in [3.8, 4) is 0 Å². The summed E-state index contributed by atoms with van der Waals surface area (Å²) in [6.07, 6.45) is 3.12. The minimum Gasteiger partial charge on any atom is -0.343 e. The molecule has 0 fully saturated rings. The second kappa shape index (κ2) is 5.74. The summed E-state index contributed by atoms with van der Waals surface area (Å²) in [5, 5.41) is 1.33. The van der Waals surface area contributed by atoms with Crippen molar-refractivity contribution in [2.24, 2.45) is 5.73 Å². The molecule has 3 rings (SSSR count). The normalized spacial score (nSPS) is 11.2. The highest BCUT2D eigenvalue weighted by atomic mass is 14.9. The van der Waals surface area contributed by atoms with Gasteiger partial charge in [-0.15, -0.1) is 0 Å². The van der Waals surface area contributed by atoms with Gasteiger partial charge in [0.15, 0.2) is 0 Å². The molecule has 0 aliphatic heterocycles. The van der Waals surface area contributed by atoms with Crippen LogP contribution in [-0.2, 0) is 13.0 Å². The Hall–Kier alpha value is -2.06. The highest BCUT2D eigenvalue weighted by molar-refractivity contribution is 5.83. The Morgan fingerprint density at radius 2 is 1.86 bits per heavy atom. The molecule has 0 radical (unpaired) electrons. The SMILES string of the molecule is Cc1ccc(C)c(Cn2ccc3c(CCN)cccc32)c1. The van der Waals surface area contributed by atoms with Crippen LogP contribution in [0.3, 0.4) is 0 Å². The largest absolute Gasteiger partial charge is 0.343 e. The molecule has 0 atom stereocenters. The summed E-state index contributed by atoms with van der Waals surface area (Å²) in [5.74, 6) is 0. The van der Waals surface area contributed by atoms with Gasteiger partial charge in [0.2, 0.25) is 0 Å². The summed E-state index contributed by atoms with van der Waals surface area (Å²) in [6.45, 7) is 5.95. The molecule has 21 heavy (non-hydrogen) atoms. The first-order valence-electron chi connectivity index (χ1n) is 7.52. The van der Waals surface area contributed by atoms with Gasteiger partial charge in [0.1, 0.15) is 0 Å². The van der Waals surface area contributed by atoms with E-state index in [1.807, 2.05) is 0 Å². The molecule has 0 unspecified atom stereocenters. The Kier molecular flexibility index (Phi) is 3.80. The number of benzene rings is 2. The molecule has 1 heterocycles. The van der Waals surface area contributed by atoms with E-state index in [4.69, 9.17) is 5.73 Å². The number of rotatable bonds is 4. The van der Waals surface area contributed by atoms with Crippen molar-refractivity contribution in [2.45, 2.75) is 26.8 Å². The minimum absolute atomic E-state index is 0.696. The van der Waals surface area contributed by atoms with Crippen LogP contribution in [0.4, 0.5) is 0 Å². The molecule has 108 valence electrons. The summed E-state index contributed by atoms with van der Waals surface area (Å²) in [4.78, 5) is 0. The summed E-state index contributed by atoms with van der Waals surface area (Å²) >= 11 is 0. The Balaban J connectivity index is 2.01. The highest BCUT2D eigenvalue weighted by Crippen LogP contribution is 2.22. The van der Waals surface area contributed by atoms with Gasteiger partial charge in [-0.05, 0) is 55.6 Å². The summed E-state index contributed by atoms with van der Waals surface area (Å²) in [7, 11) is 0. The van der Waals surface area contributed by atoms with Crippen molar-refractivity contribution >= 4 is 10.9 Å². The first-order chi connectivity index (χ1) is 10.2. The average molecular weight is 278 g/mol. The van der Waals surface area contributed by atoms with Gasteiger partial charge >= 0.3 is 0 Å². The van der Waals surface area contributed by atoms with E-state index in [-0.39, 0.29) is 0 Å². The predicted molar refractivity (Wildman–Crippen MR) is 89.7 cm³/mol. The average Bonchev–Trinajstić information content (AvgIpc) is 2.88. The molecule has 2 aromatic carbocycles. The molecule has 2 N–H and O–H groups in total. The lowest BCUT2D eigenvalue weighted by atomic mass is 10.1. The fraction of sp³-hybridized carbons (Fsp3) is 0.263. The zero-order valence-electron chi connectivity index (χ0n) is 12.8. The molecular weight excluding hydrogens is 256 g/mol. The minimum atomic E-state index is 0.696. The molecule has 0 saturated carbocycles. The highest BCUT2D eigenvalue weighted by Gasteiger charge is 2.07. The van der Waals surface area contributed by atoms with Crippen molar-refractivity contribution in [3.63, 3.8) is 0 Å². The Morgan fingerprint density at radius 3 is 2.67 bits per heavy atom. The first kappa shape index (κ1) is 13.9. The third-order valence-electron chi connectivity index (χ3n) is 4.16. The number of aryl methyl sites for hydroxylation is 2. The zero-order chi connectivity index (χ0) is 14.8. The molecule has 1 aromatic heterocycles. The molecule has 0 saturated heterocycles. The van der Waals surface area contributed by atoms with E-state index in [0.29, 0.717) is 6.54 Å². The molecular formula is C19H22N2. The quantitative estimate of drug-likeness (QED) is 0.773.